The number of carbonyl (C=O) groups is 2. The van der Waals surface area contributed by atoms with Crippen LogP contribution in [0.25, 0.3) is 0 Å². The van der Waals surface area contributed by atoms with E-state index in [1.54, 1.807) is 9.58 Å². The van der Waals surface area contributed by atoms with E-state index < -0.39 is 20.0 Å². The molecule has 11 nitrogen and oxygen atoms in total. The first-order chi connectivity index (χ1) is 20.1. The average Bonchev–Trinajstić information content (AvgIpc) is 3.63. The van der Waals surface area contributed by atoms with Crippen molar-refractivity contribution in [2.75, 3.05) is 36.5 Å². The van der Waals surface area contributed by atoms with Crippen LogP contribution in [0.3, 0.4) is 0 Å². The van der Waals surface area contributed by atoms with Crippen LogP contribution in [-0.2, 0) is 26.5 Å². The lowest BCUT2D eigenvalue weighted by Gasteiger charge is -2.32. The van der Waals surface area contributed by atoms with Gasteiger partial charge in [0.05, 0.1) is 30.9 Å². The number of rotatable bonds is 8. The molecule has 0 saturated carbocycles. The third kappa shape index (κ3) is 4.86. The Bertz CT molecular complexity index is 1480. The number of aliphatic hydroxyl groups excluding tert-OH is 1. The quantitative estimate of drug-likeness (QED) is 0.293. The van der Waals surface area contributed by atoms with Crippen LogP contribution in [0.4, 0.5) is 11.4 Å². The van der Waals surface area contributed by atoms with E-state index in [2.05, 4.69) is 20.9 Å². The van der Waals surface area contributed by atoms with Crippen molar-refractivity contribution < 1.29 is 24.2 Å². The molecule has 4 N–H and O–H groups in total. The van der Waals surface area contributed by atoms with Gasteiger partial charge in [-0.2, -0.15) is 0 Å². The van der Waals surface area contributed by atoms with Gasteiger partial charge in [0.25, 0.3) is 5.91 Å². The van der Waals surface area contributed by atoms with Crippen LogP contribution >= 0.6 is 0 Å². The summed E-state index contributed by atoms with van der Waals surface area (Å²) in [6.45, 7) is 7.68. The normalized spacial score (nSPS) is 26.5. The highest BCUT2D eigenvalue weighted by Crippen LogP contribution is 2.58. The number of piperazine rings is 1. The number of benzene rings is 2. The summed E-state index contributed by atoms with van der Waals surface area (Å²) in [7, 11) is -2.81. The lowest BCUT2D eigenvalue weighted by molar-refractivity contribution is -0.143. The molecule has 42 heavy (non-hydrogen) atoms. The summed E-state index contributed by atoms with van der Waals surface area (Å²) in [4.78, 5) is 39.5. The molecule has 2 amide bonds. The Kier molecular flexibility index (Phi) is 7.52. The van der Waals surface area contributed by atoms with Gasteiger partial charge in [-0.25, -0.2) is 0 Å². The summed E-state index contributed by atoms with van der Waals surface area (Å²) in [5.41, 5.74) is 2.26. The number of aliphatic hydroxyl groups is 1. The van der Waals surface area contributed by atoms with E-state index in [0.29, 0.717) is 43.0 Å². The number of nitrogens with zero attached hydrogens (tertiary/aromatic N) is 4. The van der Waals surface area contributed by atoms with Crippen LogP contribution < -0.4 is 15.5 Å². The van der Waals surface area contributed by atoms with Crippen LogP contribution in [0.15, 0.2) is 54.7 Å². The molecule has 3 aromatic rings. The van der Waals surface area contributed by atoms with Gasteiger partial charge in [0, 0.05) is 54.2 Å². The summed E-state index contributed by atoms with van der Waals surface area (Å²) < 4.78 is 8.52. The van der Waals surface area contributed by atoms with E-state index in [-0.39, 0.29) is 42.3 Å². The monoisotopic (exact) mass is 590 g/mol. The molecule has 2 saturated heterocycles. The smallest absolute Gasteiger partial charge is 0.261 e. The van der Waals surface area contributed by atoms with Crippen LogP contribution in [-0.4, -0.2) is 77.4 Å². The molecule has 3 aliphatic heterocycles. The fourth-order valence-electron chi connectivity index (χ4n) is 7.10. The summed E-state index contributed by atoms with van der Waals surface area (Å²) in [5.74, 6) is -0.836. The number of carbonyl (C=O) groups excluding carboxylic acids is 2. The minimum atomic E-state index is -2.81. The summed E-state index contributed by atoms with van der Waals surface area (Å²) in [6, 6.07) is 15.3. The van der Waals surface area contributed by atoms with Crippen molar-refractivity contribution in [1.82, 2.24) is 20.3 Å². The standard InChI is InChI=1S/C30H38N6O5Si/c1-19-28(42(2,3)40)26(11-13-35-17-25(33-34-35)22(18-37)20-7-5-4-6-8-20)41-30(19)23-15-21(9-10-24(23)32-29(30)39)36-14-12-31-16-27(36)38/h4-10,15,17,19,22,26,28,31,37,40H,11-14,16,18H2,1-3H3,(H,32,39)/t19-,22?,26+,28-,30+/m1/s1. The molecule has 0 aliphatic carbocycles. The molecule has 3 aliphatic rings. The van der Waals surface area contributed by atoms with Crippen LogP contribution in [0.2, 0.25) is 18.6 Å². The Hall–Kier alpha value is -3.42. The van der Waals surface area contributed by atoms with Crippen LogP contribution in [0.5, 0.6) is 0 Å². The minimum absolute atomic E-state index is 0.0181. The van der Waals surface area contributed by atoms with Gasteiger partial charge in [0.2, 0.25) is 5.91 Å². The van der Waals surface area contributed by atoms with Gasteiger partial charge in [0.1, 0.15) is 0 Å². The second-order valence-corrected chi connectivity index (χ2v) is 16.1. The van der Waals surface area contributed by atoms with Crippen molar-refractivity contribution in [3.8, 4) is 0 Å². The summed E-state index contributed by atoms with van der Waals surface area (Å²) >= 11 is 0. The van der Waals surface area contributed by atoms with Crippen molar-refractivity contribution in [3.05, 3.63) is 71.5 Å². The lowest BCUT2D eigenvalue weighted by atomic mass is 9.82. The molecule has 0 bridgehead atoms. The second kappa shape index (κ2) is 11.0. The van der Waals surface area contributed by atoms with E-state index >= 15 is 0 Å². The van der Waals surface area contributed by atoms with Crippen molar-refractivity contribution in [2.45, 2.75) is 56.1 Å². The first-order valence-electron chi connectivity index (χ1n) is 14.6. The fraction of sp³-hybridized carbons (Fsp3) is 0.467. The molecule has 5 atom stereocenters. The Morgan fingerprint density at radius 3 is 2.69 bits per heavy atom. The first-order valence-corrected chi connectivity index (χ1v) is 17.6. The third-order valence-electron chi connectivity index (χ3n) is 9.06. The largest absolute Gasteiger partial charge is 0.432 e. The lowest BCUT2D eigenvalue weighted by Crippen LogP contribution is -2.48. The molecular formula is C30H38N6O5Si. The number of aromatic nitrogens is 3. The topological polar surface area (TPSA) is 142 Å². The zero-order valence-corrected chi connectivity index (χ0v) is 25.2. The van der Waals surface area contributed by atoms with Crippen LogP contribution in [0, 0.1) is 5.92 Å². The van der Waals surface area contributed by atoms with Crippen molar-refractivity contribution >= 4 is 31.5 Å². The number of amides is 2. The third-order valence-corrected chi connectivity index (χ3v) is 11.6. The highest BCUT2D eigenvalue weighted by atomic mass is 28.4. The Morgan fingerprint density at radius 2 is 1.98 bits per heavy atom. The van der Waals surface area contributed by atoms with Gasteiger partial charge >= 0.3 is 0 Å². The predicted molar refractivity (Wildman–Crippen MR) is 159 cm³/mol. The number of hydrogen-bond acceptors (Lipinski definition) is 8. The molecule has 12 heteroatoms. The van der Waals surface area contributed by atoms with Gasteiger partial charge in [-0.1, -0.05) is 42.5 Å². The van der Waals surface area contributed by atoms with E-state index in [1.165, 1.54) is 0 Å². The Balaban J connectivity index is 1.27. The Morgan fingerprint density at radius 1 is 1.19 bits per heavy atom. The minimum Gasteiger partial charge on any atom is -0.432 e. The van der Waals surface area contributed by atoms with E-state index in [0.717, 1.165) is 11.3 Å². The maximum Gasteiger partial charge on any atom is 0.261 e. The van der Waals surface area contributed by atoms with Gasteiger partial charge in [-0.05, 0) is 43.3 Å². The summed E-state index contributed by atoms with van der Waals surface area (Å²) in [5, 5.41) is 24.8. The molecule has 0 radical (unpaired) electrons. The zero-order chi connectivity index (χ0) is 29.6. The molecule has 1 aromatic heterocycles. The van der Waals surface area contributed by atoms with E-state index in [9.17, 15) is 19.5 Å². The van der Waals surface area contributed by atoms with Crippen LogP contribution in [0.1, 0.15) is 36.1 Å². The maximum atomic E-state index is 13.7. The number of hydrogen-bond donors (Lipinski definition) is 4. The van der Waals surface area contributed by atoms with Gasteiger partial charge in [0.15, 0.2) is 13.9 Å². The van der Waals surface area contributed by atoms with Gasteiger partial charge in [-0.15, -0.1) is 5.10 Å². The molecule has 1 unspecified atom stereocenters. The molecular weight excluding hydrogens is 552 g/mol. The maximum absolute atomic E-state index is 13.7. The molecule has 6 rings (SSSR count). The number of nitrogens with one attached hydrogen (secondary N) is 2. The SMILES string of the molecule is C[C@@H]1[C@@H]([Si](C)(C)O)[C@H](CCn2cc(C(CO)c3ccccc3)nn2)O[C@@]12C(=O)Nc1ccc(N3CCNCC3=O)cc12. The molecule has 1 spiro atoms. The second-order valence-electron chi connectivity index (χ2n) is 12.1. The zero-order valence-electron chi connectivity index (χ0n) is 24.2. The highest BCUT2D eigenvalue weighted by Gasteiger charge is 2.64. The molecule has 2 aromatic carbocycles. The van der Waals surface area contributed by atoms with Gasteiger partial charge in [-0.3, -0.25) is 14.3 Å². The summed E-state index contributed by atoms with van der Waals surface area (Å²) in [6.07, 6.45) is 1.96. The number of fused-ring (bicyclic) bond motifs is 2. The fourth-order valence-corrected chi connectivity index (χ4v) is 9.70. The van der Waals surface area contributed by atoms with Crippen molar-refractivity contribution in [1.29, 1.82) is 0 Å². The highest BCUT2D eigenvalue weighted by molar-refractivity contribution is 6.71. The molecule has 222 valence electrons. The molecule has 2 fully saturated rings. The van der Waals surface area contributed by atoms with Crippen molar-refractivity contribution in [3.63, 3.8) is 0 Å². The van der Waals surface area contributed by atoms with Gasteiger partial charge < -0.3 is 30.2 Å². The Labute approximate surface area is 246 Å². The average molecular weight is 591 g/mol. The number of ether oxygens (including phenoxy) is 1. The molecule has 4 heterocycles. The van der Waals surface area contributed by atoms with E-state index in [4.69, 9.17) is 4.74 Å². The number of aryl methyl sites for hydroxylation is 1. The first kappa shape index (κ1) is 28.7. The van der Waals surface area contributed by atoms with Crippen molar-refractivity contribution in [2.24, 2.45) is 5.92 Å². The number of anilines is 2. The predicted octanol–water partition coefficient (Wildman–Crippen LogP) is 2.18. The van der Waals surface area contributed by atoms with E-state index in [1.807, 2.05) is 74.7 Å².